The number of halogens is 4. The topological polar surface area (TPSA) is 102 Å². The zero-order chi connectivity index (χ0) is 23.6. The van der Waals surface area contributed by atoms with Gasteiger partial charge in [-0.05, 0) is 48.5 Å². The van der Waals surface area contributed by atoms with Crippen LogP contribution in [0.25, 0.3) is 0 Å². The van der Waals surface area contributed by atoms with Gasteiger partial charge in [0.2, 0.25) is 10.0 Å². The van der Waals surface area contributed by atoms with Gasteiger partial charge in [0.25, 0.3) is 0 Å². The van der Waals surface area contributed by atoms with E-state index >= 15 is 0 Å². The van der Waals surface area contributed by atoms with Crippen molar-refractivity contribution in [3.8, 4) is 0 Å². The fraction of sp³-hybridized carbons (Fsp3) is 0.455. The molecule has 0 unspecified atom stereocenters. The van der Waals surface area contributed by atoms with Crippen molar-refractivity contribution in [3.05, 3.63) is 60.2 Å². The molecule has 2 aromatic rings. The van der Waals surface area contributed by atoms with Crippen LogP contribution >= 0.6 is 24.8 Å². The summed E-state index contributed by atoms with van der Waals surface area (Å²) in [5.41, 5.74) is 0.899. The van der Waals surface area contributed by atoms with Crippen LogP contribution in [-0.4, -0.2) is 87.2 Å². The van der Waals surface area contributed by atoms with Crippen molar-refractivity contribution in [3.63, 3.8) is 0 Å². The summed E-state index contributed by atoms with van der Waals surface area (Å²) >= 11 is 0. The summed E-state index contributed by atoms with van der Waals surface area (Å²) in [5, 5.41) is 20.4. The van der Waals surface area contributed by atoms with E-state index in [1.807, 2.05) is 4.90 Å². The molecule has 35 heavy (non-hydrogen) atoms. The lowest BCUT2D eigenvalue weighted by molar-refractivity contribution is -0.0201. The minimum atomic E-state index is -3.91. The third-order valence-electron chi connectivity index (χ3n) is 6.17. The Morgan fingerprint density at radius 2 is 1.46 bits per heavy atom. The molecule has 2 fully saturated rings. The highest BCUT2D eigenvalue weighted by Crippen LogP contribution is 2.28. The Morgan fingerprint density at radius 3 is 2.00 bits per heavy atom. The van der Waals surface area contributed by atoms with Gasteiger partial charge in [-0.25, -0.2) is 21.9 Å². The van der Waals surface area contributed by atoms with E-state index in [1.165, 1.54) is 24.3 Å². The Kier molecular flexibility index (Phi) is 10.7. The van der Waals surface area contributed by atoms with Crippen LogP contribution in [0.15, 0.2) is 53.4 Å². The molecule has 0 bridgehead atoms. The van der Waals surface area contributed by atoms with Crippen LogP contribution < -0.4 is 9.62 Å². The maximum atomic E-state index is 13.2. The van der Waals surface area contributed by atoms with Gasteiger partial charge in [-0.2, -0.15) is 0 Å². The fourth-order valence-corrected chi connectivity index (χ4v) is 5.46. The van der Waals surface area contributed by atoms with Gasteiger partial charge in [0.1, 0.15) is 23.8 Å². The molecular weight excluding hydrogens is 527 g/mol. The summed E-state index contributed by atoms with van der Waals surface area (Å²) in [4.78, 5) is 4.05. The number of rotatable bonds is 7. The fourth-order valence-electron chi connectivity index (χ4n) is 4.42. The van der Waals surface area contributed by atoms with Crippen LogP contribution in [-0.2, 0) is 14.8 Å². The molecule has 4 atom stereocenters. The standard InChI is InChI=1S/C22H27F2N3O5S.2ClH/c23-15-1-5-17(6-2-15)26-9-11-27(12-10-26)21-19(32-20(14-28)22(21)29)13-25-33(30,31)18-7-3-16(24)4-8-18;;/h1-8,19-22,25,28-29H,9-14H2;2*1H/t19-,20+,21+,22-;;/m1../s1. The predicted octanol–water partition coefficient (Wildman–Crippen LogP) is 1.40. The van der Waals surface area contributed by atoms with E-state index in [4.69, 9.17) is 4.74 Å². The second kappa shape index (κ2) is 12.6. The summed E-state index contributed by atoms with van der Waals surface area (Å²) in [6, 6.07) is 10.2. The molecule has 0 saturated carbocycles. The summed E-state index contributed by atoms with van der Waals surface area (Å²) in [6.45, 7) is 1.90. The number of ether oxygens (including phenoxy) is 1. The minimum absolute atomic E-state index is 0. The highest BCUT2D eigenvalue weighted by atomic mass is 35.5. The molecule has 0 spiro atoms. The zero-order valence-corrected chi connectivity index (χ0v) is 21.1. The molecule has 0 aliphatic carbocycles. The lowest BCUT2D eigenvalue weighted by atomic mass is 10.0. The smallest absolute Gasteiger partial charge is 0.240 e. The van der Waals surface area contributed by atoms with Gasteiger partial charge >= 0.3 is 0 Å². The van der Waals surface area contributed by atoms with Crippen LogP contribution in [0.1, 0.15) is 0 Å². The molecule has 2 aromatic carbocycles. The number of sulfonamides is 1. The number of aliphatic hydroxyl groups excluding tert-OH is 2. The van der Waals surface area contributed by atoms with Crippen molar-refractivity contribution < 1.29 is 32.1 Å². The van der Waals surface area contributed by atoms with Crippen molar-refractivity contribution in [2.75, 3.05) is 44.2 Å². The van der Waals surface area contributed by atoms with E-state index in [2.05, 4.69) is 9.62 Å². The first-order valence-electron chi connectivity index (χ1n) is 10.7. The number of nitrogens with one attached hydrogen (secondary N) is 1. The monoisotopic (exact) mass is 555 g/mol. The molecule has 2 aliphatic heterocycles. The van der Waals surface area contributed by atoms with E-state index in [-0.39, 0.29) is 42.1 Å². The van der Waals surface area contributed by atoms with Gasteiger partial charge in [0.15, 0.2) is 0 Å². The second-order valence-corrected chi connectivity index (χ2v) is 9.95. The van der Waals surface area contributed by atoms with Gasteiger partial charge in [-0.15, -0.1) is 24.8 Å². The number of anilines is 1. The molecule has 0 amide bonds. The summed E-state index contributed by atoms with van der Waals surface area (Å²) in [6.07, 6.45) is -2.51. The van der Waals surface area contributed by atoms with Crippen molar-refractivity contribution in [1.82, 2.24) is 9.62 Å². The molecule has 2 saturated heterocycles. The average molecular weight is 556 g/mol. The first kappa shape index (κ1) is 29.7. The number of hydrogen-bond donors (Lipinski definition) is 3. The van der Waals surface area contributed by atoms with Gasteiger partial charge in [-0.1, -0.05) is 0 Å². The Morgan fingerprint density at radius 1 is 0.914 bits per heavy atom. The average Bonchev–Trinajstić information content (AvgIpc) is 3.14. The van der Waals surface area contributed by atoms with E-state index < -0.39 is 46.8 Å². The summed E-state index contributed by atoms with van der Waals surface area (Å²) < 4.78 is 59.8. The minimum Gasteiger partial charge on any atom is -0.394 e. The highest BCUT2D eigenvalue weighted by molar-refractivity contribution is 7.89. The number of nitrogens with zero attached hydrogens (tertiary/aromatic N) is 2. The molecule has 0 aromatic heterocycles. The number of aliphatic hydroxyl groups is 2. The van der Waals surface area contributed by atoms with Gasteiger partial charge in [-0.3, -0.25) is 4.90 Å². The predicted molar refractivity (Wildman–Crippen MR) is 132 cm³/mol. The largest absolute Gasteiger partial charge is 0.394 e. The Hall–Kier alpha value is -1.57. The Balaban J connectivity index is 0.00000216. The van der Waals surface area contributed by atoms with E-state index in [0.717, 1.165) is 17.8 Å². The van der Waals surface area contributed by atoms with E-state index in [0.29, 0.717) is 26.2 Å². The second-order valence-electron chi connectivity index (χ2n) is 8.18. The van der Waals surface area contributed by atoms with Crippen molar-refractivity contribution >= 4 is 40.5 Å². The van der Waals surface area contributed by atoms with Crippen LogP contribution in [0.4, 0.5) is 14.5 Å². The lowest BCUT2D eigenvalue weighted by Crippen LogP contribution is -2.57. The maximum Gasteiger partial charge on any atom is 0.240 e. The lowest BCUT2D eigenvalue weighted by Gasteiger charge is -2.41. The van der Waals surface area contributed by atoms with Crippen LogP contribution in [0.5, 0.6) is 0 Å². The number of benzene rings is 2. The van der Waals surface area contributed by atoms with Crippen LogP contribution in [0, 0.1) is 11.6 Å². The number of piperazine rings is 1. The first-order valence-corrected chi connectivity index (χ1v) is 12.2. The van der Waals surface area contributed by atoms with Crippen LogP contribution in [0.3, 0.4) is 0 Å². The molecule has 2 aliphatic rings. The van der Waals surface area contributed by atoms with Crippen molar-refractivity contribution in [1.29, 1.82) is 0 Å². The quantitative estimate of drug-likeness (QED) is 0.474. The van der Waals surface area contributed by atoms with E-state index in [9.17, 15) is 27.4 Å². The normalized spacial score (nSPS) is 25.1. The first-order chi connectivity index (χ1) is 15.8. The molecule has 8 nitrogen and oxygen atoms in total. The molecule has 13 heteroatoms. The summed E-state index contributed by atoms with van der Waals surface area (Å²) in [5.74, 6) is -0.841. The van der Waals surface area contributed by atoms with Gasteiger partial charge < -0.3 is 19.8 Å². The molecule has 0 radical (unpaired) electrons. The molecule has 4 rings (SSSR count). The Bertz CT molecular complexity index is 1040. The third kappa shape index (κ3) is 6.80. The number of hydrogen-bond acceptors (Lipinski definition) is 7. The molecule has 3 N–H and O–H groups in total. The van der Waals surface area contributed by atoms with Gasteiger partial charge in [0, 0.05) is 38.4 Å². The molecular formula is C22H29Cl2F2N3O5S. The molecule has 196 valence electrons. The molecule has 2 heterocycles. The van der Waals surface area contributed by atoms with E-state index in [1.54, 1.807) is 12.1 Å². The Labute approximate surface area is 215 Å². The van der Waals surface area contributed by atoms with Crippen molar-refractivity contribution in [2.24, 2.45) is 0 Å². The van der Waals surface area contributed by atoms with Crippen LogP contribution in [0.2, 0.25) is 0 Å². The third-order valence-corrected chi connectivity index (χ3v) is 7.61. The summed E-state index contributed by atoms with van der Waals surface area (Å²) in [7, 11) is -3.91. The van der Waals surface area contributed by atoms with Crippen molar-refractivity contribution in [2.45, 2.75) is 29.2 Å². The highest BCUT2D eigenvalue weighted by Gasteiger charge is 2.47. The van der Waals surface area contributed by atoms with Gasteiger partial charge in [0.05, 0.1) is 23.6 Å². The zero-order valence-electron chi connectivity index (χ0n) is 18.7. The maximum absolute atomic E-state index is 13.2. The SMILES string of the molecule is Cl.Cl.O=S(=O)(NC[C@H]1O[C@@H](CO)[C@@H](O)[C@H]1N1CCN(c2ccc(F)cc2)CC1)c1ccc(F)cc1.